The fourth-order valence-electron chi connectivity index (χ4n) is 2.30. The molecule has 1 aliphatic rings. The first-order valence-corrected chi connectivity index (χ1v) is 6.31. The van der Waals surface area contributed by atoms with E-state index in [-0.39, 0.29) is 0 Å². The second kappa shape index (κ2) is 6.15. The summed E-state index contributed by atoms with van der Waals surface area (Å²) < 4.78 is 0. The summed E-state index contributed by atoms with van der Waals surface area (Å²) >= 11 is 0. The molecule has 92 valence electrons. The van der Waals surface area contributed by atoms with Gasteiger partial charge in [0.2, 0.25) is 0 Å². The fraction of sp³-hybridized carbons (Fsp3) is 0.375. The van der Waals surface area contributed by atoms with Crippen LogP contribution in [-0.2, 0) is 0 Å². The molecule has 0 aliphatic carbocycles. The fourth-order valence-corrected chi connectivity index (χ4v) is 2.30. The molecule has 1 aromatic carbocycles. The Hall–Kier alpha value is -1.90. The summed E-state index contributed by atoms with van der Waals surface area (Å²) in [5.74, 6) is 5.36. The largest absolute Gasteiger partial charge is 0.382 e. The van der Waals surface area contributed by atoms with Gasteiger partial charge in [-0.05, 0) is 31.0 Å². The van der Waals surface area contributed by atoms with Crippen molar-refractivity contribution in [2.45, 2.75) is 18.9 Å². The van der Waals surface area contributed by atoms with Crippen molar-refractivity contribution < 1.29 is 0 Å². The Labute approximate surface area is 109 Å². The van der Waals surface area contributed by atoms with Crippen LogP contribution in [0.4, 0.5) is 5.69 Å². The van der Waals surface area contributed by atoms with E-state index in [2.05, 4.69) is 28.1 Å². The number of anilines is 1. The summed E-state index contributed by atoms with van der Waals surface area (Å²) in [6, 6.07) is 8.54. The topological polar surface area (TPSA) is 15.3 Å². The number of rotatable bonds is 3. The van der Waals surface area contributed by atoms with Crippen LogP contribution in [0.3, 0.4) is 0 Å². The summed E-state index contributed by atoms with van der Waals surface area (Å²) in [5.41, 5.74) is 2.03. The van der Waals surface area contributed by atoms with Crippen LogP contribution in [0.15, 0.2) is 24.3 Å². The normalized spacial score (nSPS) is 16.8. The number of nitrogens with zero attached hydrogens (tertiary/aromatic N) is 1. The summed E-state index contributed by atoms with van der Waals surface area (Å²) in [6.45, 7) is 2.90. The Morgan fingerprint density at radius 3 is 2.72 bits per heavy atom. The number of benzene rings is 1. The lowest BCUT2D eigenvalue weighted by atomic mass is 10.0. The van der Waals surface area contributed by atoms with Crippen LogP contribution >= 0.6 is 0 Å². The molecule has 0 spiro atoms. The van der Waals surface area contributed by atoms with E-state index >= 15 is 0 Å². The maximum absolute atomic E-state index is 5.40. The van der Waals surface area contributed by atoms with E-state index in [1.165, 1.54) is 0 Å². The quantitative estimate of drug-likeness (QED) is 0.812. The smallest absolute Gasteiger partial charge is 0.0598 e. The summed E-state index contributed by atoms with van der Waals surface area (Å²) in [7, 11) is 0. The molecule has 0 aromatic heterocycles. The van der Waals surface area contributed by atoms with Crippen molar-refractivity contribution in [2.75, 3.05) is 25.0 Å². The van der Waals surface area contributed by atoms with Crippen LogP contribution < -0.4 is 5.32 Å². The van der Waals surface area contributed by atoms with E-state index in [4.69, 9.17) is 12.8 Å². The number of terminal acetylenes is 2. The number of nitrogens with one attached hydrogen (secondary N) is 1. The SMILES string of the molecule is C#CCN1CCC(Nc2cccc(C#C)c2)CC1. The van der Waals surface area contributed by atoms with Gasteiger partial charge in [-0.1, -0.05) is 17.9 Å². The minimum absolute atomic E-state index is 0.520. The number of piperidine rings is 1. The predicted molar refractivity (Wildman–Crippen MR) is 76.3 cm³/mol. The minimum Gasteiger partial charge on any atom is -0.382 e. The van der Waals surface area contributed by atoms with Crippen LogP contribution in [0, 0.1) is 24.7 Å². The van der Waals surface area contributed by atoms with Gasteiger partial charge in [0.15, 0.2) is 0 Å². The Bertz CT molecular complexity index is 471. The first-order valence-electron chi connectivity index (χ1n) is 6.31. The average molecular weight is 238 g/mol. The zero-order chi connectivity index (χ0) is 12.8. The first kappa shape index (κ1) is 12.6. The molecule has 0 radical (unpaired) electrons. The number of likely N-dealkylation sites (tertiary alicyclic amines) is 1. The zero-order valence-corrected chi connectivity index (χ0v) is 10.5. The molecule has 1 aromatic rings. The highest BCUT2D eigenvalue weighted by atomic mass is 15.1. The standard InChI is InChI=1S/C16H18N2/c1-3-10-18-11-8-15(9-12-18)17-16-7-5-6-14(4-2)13-16/h1-2,5-7,13,15,17H,8-12H2. The summed E-state index contributed by atoms with van der Waals surface area (Å²) in [6.07, 6.45) is 13.0. The number of hydrogen-bond acceptors (Lipinski definition) is 2. The van der Waals surface area contributed by atoms with Crippen molar-refractivity contribution in [1.29, 1.82) is 0 Å². The minimum atomic E-state index is 0.520. The Balaban J connectivity index is 1.88. The third-order valence-corrected chi connectivity index (χ3v) is 3.30. The van der Waals surface area contributed by atoms with Gasteiger partial charge < -0.3 is 5.32 Å². The molecule has 0 atom stereocenters. The van der Waals surface area contributed by atoms with Crippen molar-refractivity contribution in [2.24, 2.45) is 0 Å². The highest BCUT2D eigenvalue weighted by Crippen LogP contribution is 2.17. The molecule has 1 saturated heterocycles. The molecule has 0 amide bonds. The van der Waals surface area contributed by atoms with E-state index in [1.54, 1.807) is 0 Å². The monoisotopic (exact) mass is 238 g/mol. The van der Waals surface area contributed by atoms with Crippen LogP contribution in [0.1, 0.15) is 18.4 Å². The van der Waals surface area contributed by atoms with E-state index in [9.17, 15) is 0 Å². The molecular formula is C16H18N2. The molecule has 0 bridgehead atoms. The van der Waals surface area contributed by atoms with Crippen LogP contribution in [0.25, 0.3) is 0 Å². The van der Waals surface area contributed by atoms with Crippen molar-refractivity contribution in [3.63, 3.8) is 0 Å². The van der Waals surface area contributed by atoms with Gasteiger partial charge in [-0.3, -0.25) is 4.90 Å². The van der Waals surface area contributed by atoms with E-state index < -0.39 is 0 Å². The first-order chi connectivity index (χ1) is 8.81. The van der Waals surface area contributed by atoms with Crippen molar-refractivity contribution >= 4 is 5.69 Å². The highest BCUT2D eigenvalue weighted by molar-refractivity contribution is 5.50. The summed E-state index contributed by atoms with van der Waals surface area (Å²) in [4.78, 5) is 2.32. The number of hydrogen-bond donors (Lipinski definition) is 1. The lowest BCUT2D eigenvalue weighted by molar-refractivity contribution is 0.243. The average Bonchev–Trinajstić information content (AvgIpc) is 2.42. The maximum Gasteiger partial charge on any atom is 0.0598 e. The molecule has 2 heteroatoms. The molecule has 0 unspecified atom stereocenters. The van der Waals surface area contributed by atoms with Gasteiger partial charge >= 0.3 is 0 Å². The van der Waals surface area contributed by atoms with Crippen molar-refractivity contribution in [1.82, 2.24) is 4.90 Å². The Morgan fingerprint density at radius 2 is 2.06 bits per heavy atom. The van der Waals surface area contributed by atoms with Crippen LogP contribution in [-0.4, -0.2) is 30.6 Å². The Kier molecular flexibility index (Phi) is 4.29. The molecule has 1 N–H and O–H groups in total. The molecule has 2 nitrogen and oxygen atoms in total. The molecule has 18 heavy (non-hydrogen) atoms. The summed E-state index contributed by atoms with van der Waals surface area (Å²) in [5, 5.41) is 3.54. The maximum atomic E-state index is 5.40. The van der Waals surface area contributed by atoms with Crippen LogP contribution in [0.2, 0.25) is 0 Å². The van der Waals surface area contributed by atoms with Crippen molar-refractivity contribution in [3.05, 3.63) is 29.8 Å². The molecule has 1 aliphatic heterocycles. The Morgan fingerprint density at radius 1 is 1.28 bits per heavy atom. The second-order valence-corrected chi connectivity index (χ2v) is 4.62. The predicted octanol–water partition coefficient (Wildman–Crippen LogP) is 2.18. The molecule has 0 saturated carbocycles. The van der Waals surface area contributed by atoms with Gasteiger partial charge in [0.05, 0.1) is 6.54 Å². The highest BCUT2D eigenvalue weighted by Gasteiger charge is 2.18. The van der Waals surface area contributed by atoms with Gasteiger partial charge in [-0.15, -0.1) is 12.8 Å². The second-order valence-electron chi connectivity index (χ2n) is 4.62. The molecular weight excluding hydrogens is 220 g/mol. The van der Waals surface area contributed by atoms with E-state index in [1.807, 2.05) is 18.2 Å². The lowest BCUT2D eigenvalue weighted by Gasteiger charge is -2.31. The van der Waals surface area contributed by atoms with Gasteiger partial charge in [-0.2, -0.15) is 0 Å². The zero-order valence-electron chi connectivity index (χ0n) is 10.5. The van der Waals surface area contributed by atoms with Crippen LogP contribution in [0.5, 0.6) is 0 Å². The lowest BCUT2D eigenvalue weighted by Crippen LogP contribution is -2.39. The van der Waals surface area contributed by atoms with Gasteiger partial charge in [0, 0.05) is 30.4 Å². The molecule has 1 fully saturated rings. The third kappa shape index (κ3) is 3.29. The molecule has 2 rings (SSSR count). The van der Waals surface area contributed by atoms with Gasteiger partial charge in [-0.25, -0.2) is 0 Å². The van der Waals surface area contributed by atoms with Gasteiger partial charge in [0.1, 0.15) is 0 Å². The van der Waals surface area contributed by atoms with Crippen molar-refractivity contribution in [3.8, 4) is 24.7 Å². The van der Waals surface area contributed by atoms with Gasteiger partial charge in [0.25, 0.3) is 0 Å². The van der Waals surface area contributed by atoms with E-state index in [0.29, 0.717) is 6.04 Å². The molecule has 1 heterocycles. The third-order valence-electron chi connectivity index (χ3n) is 3.30. The van der Waals surface area contributed by atoms with E-state index in [0.717, 1.165) is 43.7 Å².